The molecule has 1 aromatic carbocycles. The average molecular weight is 334 g/mol. The molecule has 7 nitrogen and oxygen atoms in total. The molecule has 2 aliphatic heterocycles. The van der Waals surface area contributed by atoms with E-state index in [4.69, 9.17) is 0 Å². The summed E-state index contributed by atoms with van der Waals surface area (Å²) in [6.07, 6.45) is 0.971. The van der Waals surface area contributed by atoms with Crippen molar-refractivity contribution in [3.8, 4) is 0 Å². The molecule has 4 amide bonds. The standard InChI is InChI=1S/C16H19FN4O3/c17-12-2-1-3-14(8-12)21-10-13(9-15(21)23)18-16(24)20-6-4-19(11-22)5-7-20/h1-3,8,11,13H,4-7,9-10H2,(H,18,24)/t13-/m1/s1. The molecule has 24 heavy (non-hydrogen) atoms. The van der Waals surface area contributed by atoms with E-state index in [1.165, 1.54) is 17.0 Å². The third-order valence-electron chi connectivity index (χ3n) is 4.32. The molecule has 0 aromatic heterocycles. The summed E-state index contributed by atoms with van der Waals surface area (Å²) < 4.78 is 13.3. The van der Waals surface area contributed by atoms with Crippen LogP contribution < -0.4 is 10.2 Å². The van der Waals surface area contributed by atoms with Gasteiger partial charge in [0.15, 0.2) is 0 Å². The summed E-state index contributed by atoms with van der Waals surface area (Å²) in [5, 5.41) is 2.85. The van der Waals surface area contributed by atoms with E-state index in [1.807, 2.05) is 0 Å². The minimum atomic E-state index is -0.402. The Morgan fingerprint density at radius 3 is 2.67 bits per heavy atom. The highest BCUT2D eigenvalue weighted by atomic mass is 19.1. The molecule has 0 radical (unpaired) electrons. The third kappa shape index (κ3) is 3.47. The predicted molar refractivity (Wildman–Crippen MR) is 84.9 cm³/mol. The van der Waals surface area contributed by atoms with Gasteiger partial charge in [0, 0.05) is 44.8 Å². The predicted octanol–water partition coefficient (Wildman–Crippen LogP) is 0.415. The molecule has 2 fully saturated rings. The number of hydrogen-bond acceptors (Lipinski definition) is 3. The number of anilines is 1. The van der Waals surface area contributed by atoms with Gasteiger partial charge in [-0.2, -0.15) is 0 Å². The first kappa shape index (κ1) is 16.2. The van der Waals surface area contributed by atoms with Crippen molar-refractivity contribution in [3.63, 3.8) is 0 Å². The number of nitrogens with one attached hydrogen (secondary N) is 1. The van der Waals surface area contributed by atoms with Crippen LogP contribution >= 0.6 is 0 Å². The van der Waals surface area contributed by atoms with Crippen molar-refractivity contribution in [2.24, 2.45) is 0 Å². The highest BCUT2D eigenvalue weighted by Crippen LogP contribution is 2.22. The van der Waals surface area contributed by atoms with Crippen molar-refractivity contribution < 1.29 is 18.8 Å². The Morgan fingerprint density at radius 2 is 2.00 bits per heavy atom. The Labute approximate surface area is 139 Å². The molecule has 0 spiro atoms. The summed E-state index contributed by atoms with van der Waals surface area (Å²) >= 11 is 0. The number of halogens is 1. The first-order chi connectivity index (χ1) is 11.6. The topological polar surface area (TPSA) is 73.0 Å². The van der Waals surface area contributed by atoms with Gasteiger partial charge in [0.1, 0.15) is 5.82 Å². The number of hydrogen-bond donors (Lipinski definition) is 1. The van der Waals surface area contributed by atoms with Crippen LogP contribution in [0.15, 0.2) is 24.3 Å². The summed E-state index contributed by atoms with van der Waals surface area (Å²) in [6.45, 7) is 2.28. The number of benzene rings is 1. The fourth-order valence-electron chi connectivity index (χ4n) is 2.99. The highest BCUT2D eigenvalue weighted by molar-refractivity contribution is 5.96. The summed E-state index contributed by atoms with van der Waals surface area (Å²) in [6, 6.07) is 5.31. The number of piperazine rings is 1. The van der Waals surface area contributed by atoms with Crippen LogP contribution in [0.25, 0.3) is 0 Å². The van der Waals surface area contributed by atoms with E-state index in [0.29, 0.717) is 38.4 Å². The van der Waals surface area contributed by atoms with Gasteiger partial charge in [0.2, 0.25) is 12.3 Å². The molecular formula is C16H19FN4O3. The Hall–Kier alpha value is -2.64. The van der Waals surface area contributed by atoms with E-state index in [0.717, 1.165) is 6.41 Å². The lowest BCUT2D eigenvalue weighted by molar-refractivity contribution is -0.119. The van der Waals surface area contributed by atoms with E-state index in [2.05, 4.69) is 5.32 Å². The number of rotatable bonds is 3. The second kappa shape index (κ2) is 6.86. The second-order valence-electron chi connectivity index (χ2n) is 5.96. The number of carbonyl (C=O) groups is 3. The molecule has 128 valence electrons. The number of urea groups is 1. The first-order valence-electron chi connectivity index (χ1n) is 7.87. The zero-order valence-electron chi connectivity index (χ0n) is 13.2. The molecule has 2 heterocycles. The minimum Gasteiger partial charge on any atom is -0.342 e. The Kier molecular flexibility index (Phi) is 4.64. The molecule has 0 unspecified atom stereocenters. The molecular weight excluding hydrogens is 315 g/mol. The third-order valence-corrected chi connectivity index (χ3v) is 4.32. The van der Waals surface area contributed by atoms with Gasteiger partial charge < -0.3 is 20.0 Å². The van der Waals surface area contributed by atoms with Crippen LogP contribution in [0.3, 0.4) is 0 Å². The number of amides is 4. The Morgan fingerprint density at radius 1 is 1.25 bits per heavy atom. The Balaban J connectivity index is 1.56. The van der Waals surface area contributed by atoms with Crippen LogP contribution in [-0.2, 0) is 9.59 Å². The highest BCUT2D eigenvalue weighted by Gasteiger charge is 2.33. The minimum absolute atomic E-state index is 0.142. The van der Waals surface area contributed by atoms with Gasteiger partial charge in [-0.15, -0.1) is 0 Å². The molecule has 1 aromatic rings. The molecule has 0 saturated carbocycles. The van der Waals surface area contributed by atoms with E-state index >= 15 is 0 Å². The molecule has 0 aliphatic carbocycles. The van der Waals surface area contributed by atoms with Gasteiger partial charge in [0.05, 0.1) is 6.04 Å². The van der Waals surface area contributed by atoms with Gasteiger partial charge in [-0.05, 0) is 18.2 Å². The molecule has 8 heteroatoms. The van der Waals surface area contributed by atoms with Crippen LogP contribution in [0.2, 0.25) is 0 Å². The Bertz CT molecular complexity index is 646. The second-order valence-corrected chi connectivity index (χ2v) is 5.96. The normalized spacial score (nSPS) is 21.1. The molecule has 0 bridgehead atoms. The van der Waals surface area contributed by atoms with Gasteiger partial charge >= 0.3 is 6.03 Å². The number of nitrogens with zero attached hydrogens (tertiary/aromatic N) is 3. The van der Waals surface area contributed by atoms with Crippen molar-refractivity contribution in [1.29, 1.82) is 0 Å². The van der Waals surface area contributed by atoms with Crippen molar-refractivity contribution in [2.45, 2.75) is 12.5 Å². The van der Waals surface area contributed by atoms with Crippen molar-refractivity contribution in [3.05, 3.63) is 30.1 Å². The smallest absolute Gasteiger partial charge is 0.317 e. The molecule has 2 aliphatic rings. The monoisotopic (exact) mass is 334 g/mol. The zero-order valence-corrected chi connectivity index (χ0v) is 13.2. The lowest BCUT2D eigenvalue weighted by atomic mass is 10.2. The van der Waals surface area contributed by atoms with Crippen LogP contribution in [0.5, 0.6) is 0 Å². The summed E-state index contributed by atoms with van der Waals surface area (Å²) in [4.78, 5) is 39.8. The lowest BCUT2D eigenvalue weighted by Gasteiger charge is -2.33. The van der Waals surface area contributed by atoms with E-state index in [-0.39, 0.29) is 24.4 Å². The maximum Gasteiger partial charge on any atom is 0.317 e. The molecule has 1 N–H and O–H groups in total. The zero-order chi connectivity index (χ0) is 17.1. The fraction of sp³-hybridized carbons (Fsp3) is 0.438. The lowest BCUT2D eigenvalue weighted by Crippen LogP contribution is -2.53. The maximum absolute atomic E-state index is 13.3. The van der Waals surface area contributed by atoms with Crippen molar-refractivity contribution in [2.75, 3.05) is 37.6 Å². The molecule has 3 rings (SSSR count). The molecule has 2 saturated heterocycles. The summed E-state index contributed by atoms with van der Waals surface area (Å²) in [7, 11) is 0. The summed E-state index contributed by atoms with van der Waals surface area (Å²) in [5.74, 6) is -0.544. The van der Waals surface area contributed by atoms with Crippen molar-refractivity contribution >= 4 is 24.0 Å². The van der Waals surface area contributed by atoms with Crippen LogP contribution in [-0.4, -0.2) is 66.9 Å². The van der Waals surface area contributed by atoms with Gasteiger partial charge in [-0.3, -0.25) is 9.59 Å². The van der Waals surface area contributed by atoms with Crippen LogP contribution in [0.4, 0.5) is 14.9 Å². The van der Waals surface area contributed by atoms with Gasteiger partial charge in [-0.1, -0.05) is 6.07 Å². The van der Waals surface area contributed by atoms with Gasteiger partial charge in [0.25, 0.3) is 0 Å². The summed E-state index contributed by atoms with van der Waals surface area (Å²) in [5.41, 5.74) is 0.497. The van der Waals surface area contributed by atoms with E-state index in [9.17, 15) is 18.8 Å². The fourth-order valence-corrected chi connectivity index (χ4v) is 2.99. The van der Waals surface area contributed by atoms with Crippen LogP contribution in [0.1, 0.15) is 6.42 Å². The van der Waals surface area contributed by atoms with E-state index < -0.39 is 5.82 Å². The number of carbonyl (C=O) groups excluding carboxylic acids is 3. The van der Waals surface area contributed by atoms with Crippen molar-refractivity contribution in [1.82, 2.24) is 15.1 Å². The van der Waals surface area contributed by atoms with Crippen LogP contribution in [0, 0.1) is 5.82 Å². The largest absolute Gasteiger partial charge is 0.342 e. The van der Waals surface area contributed by atoms with Gasteiger partial charge in [-0.25, -0.2) is 9.18 Å². The molecule has 1 atom stereocenters. The average Bonchev–Trinajstić information content (AvgIpc) is 2.95. The first-order valence-corrected chi connectivity index (χ1v) is 7.87. The van der Waals surface area contributed by atoms with E-state index in [1.54, 1.807) is 21.9 Å². The maximum atomic E-state index is 13.3. The SMILES string of the molecule is O=CN1CCN(C(=O)N[C@@H]2CC(=O)N(c3cccc(F)c3)C2)CC1. The quantitative estimate of drug-likeness (QED) is 0.814.